The van der Waals surface area contributed by atoms with Gasteiger partial charge in [0.25, 0.3) is 0 Å². The van der Waals surface area contributed by atoms with Gasteiger partial charge in [0, 0.05) is 13.6 Å². The van der Waals surface area contributed by atoms with Crippen LogP contribution in [-0.4, -0.2) is 32.8 Å². The number of hydrogen-bond acceptors (Lipinski definition) is 3. The van der Waals surface area contributed by atoms with Crippen molar-refractivity contribution in [2.24, 2.45) is 13.0 Å². The molecule has 2 N–H and O–H groups in total. The van der Waals surface area contributed by atoms with Crippen LogP contribution in [0.2, 0.25) is 0 Å². The molecule has 0 aliphatic rings. The number of fused-ring (bicyclic) bond motifs is 1. The fraction of sp³-hybridized carbons (Fsp3) is 0.500. The lowest BCUT2D eigenvalue weighted by atomic mass is 10.1. The Morgan fingerprint density at radius 2 is 1.91 bits per heavy atom. The molecule has 2 atom stereocenters. The van der Waals surface area contributed by atoms with Crippen LogP contribution in [0.5, 0.6) is 0 Å². The molecule has 6 nitrogen and oxygen atoms in total. The van der Waals surface area contributed by atoms with Gasteiger partial charge in [0.05, 0.1) is 17.1 Å². The molecule has 0 saturated heterocycles. The summed E-state index contributed by atoms with van der Waals surface area (Å²) in [6.07, 6.45) is 0.252. The maximum atomic E-state index is 12.2. The highest BCUT2D eigenvalue weighted by Gasteiger charge is 2.14. The predicted octanol–water partition coefficient (Wildman–Crippen LogP) is 0.863. The number of rotatable bonds is 6. The van der Waals surface area contributed by atoms with E-state index < -0.39 is 0 Å². The van der Waals surface area contributed by atoms with Crippen molar-refractivity contribution in [3.05, 3.63) is 34.7 Å². The van der Waals surface area contributed by atoms with E-state index in [9.17, 15) is 14.7 Å². The minimum atomic E-state index is -0.382. The van der Waals surface area contributed by atoms with Crippen molar-refractivity contribution in [2.75, 3.05) is 6.54 Å². The quantitative estimate of drug-likeness (QED) is 0.831. The van der Waals surface area contributed by atoms with Gasteiger partial charge < -0.3 is 10.4 Å². The number of aliphatic hydroxyl groups is 1. The van der Waals surface area contributed by atoms with Gasteiger partial charge in [-0.25, -0.2) is 4.79 Å². The number of aromatic nitrogens is 2. The number of nitrogens with zero attached hydrogens (tertiary/aromatic N) is 2. The van der Waals surface area contributed by atoms with E-state index in [-0.39, 0.29) is 30.2 Å². The molecule has 22 heavy (non-hydrogen) atoms. The Kier molecular flexibility index (Phi) is 5.03. The van der Waals surface area contributed by atoms with Gasteiger partial charge in [-0.15, -0.1) is 0 Å². The zero-order valence-corrected chi connectivity index (χ0v) is 13.2. The van der Waals surface area contributed by atoms with Gasteiger partial charge in [0.2, 0.25) is 5.91 Å². The van der Waals surface area contributed by atoms with Gasteiger partial charge in [-0.2, -0.15) is 0 Å². The summed E-state index contributed by atoms with van der Waals surface area (Å²) < 4.78 is 3.02. The largest absolute Gasteiger partial charge is 0.393 e. The lowest BCUT2D eigenvalue weighted by Gasteiger charge is -2.14. The Bertz CT molecular complexity index is 715. The van der Waals surface area contributed by atoms with Crippen molar-refractivity contribution in [1.29, 1.82) is 0 Å². The van der Waals surface area contributed by atoms with Gasteiger partial charge >= 0.3 is 5.69 Å². The molecule has 2 rings (SSSR count). The third kappa shape index (κ3) is 3.57. The molecule has 2 unspecified atom stereocenters. The molecule has 2 aromatic rings. The van der Waals surface area contributed by atoms with Crippen LogP contribution in [0.4, 0.5) is 0 Å². The summed E-state index contributed by atoms with van der Waals surface area (Å²) >= 11 is 0. The Balaban J connectivity index is 2.07. The standard InChI is InChI=1S/C16H23N3O3/c1-11(8-12(2)20)9-17-15(21)10-19-14-7-5-4-6-13(14)18(3)16(19)22/h4-7,11-12,20H,8-10H2,1-3H3,(H,17,21). The van der Waals surface area contributed by atoms with E-state index in [0.717, 1.165) is 11.0 Å². The Hall–Kier alpha value is -2.08. The van der Waals surface area contributed by atoms with Gasteiger partial charge in [-0.3, -0.25) is 13.9 Å². The van der Waals surface area contributed by atoms with Gasteiger partial charge in [-0.1, -0.05) is 19.1 Å². The summed E-state index contributed by atoms with van der Waals surface area (Å²) in [5.41, 5.74) is 1.36. The minimum absolute atomic E-state index is 0.00157. The lowest BCUT2D eigenvalue weighted by Crippen LogP contribution is -2.35. The summed E-state index contributed by atoms with van der Waals surface area (Å²) in [4.78, 5) is 24.3. The summed E-state index contributed by atoms with van der Waals surface area (Å²) in [7, 11) is 1.70. The molecule has 0 bridgehead atoms. The van der Waals surface area contributed by atoms with Crippen molar-refractivity contribution >= 4 is 16.9 Å². The Labute approximate surface area is 129 Å². The van der Waals surface area contributed by atoms with E-state index in [2.05, 4.69) is 5.32 Å². The van der Waals surface area contributed by atoms with Gasteiger partial charge in [0.1, 0.15) is 6.54 Å². The molecular formula is C16H23N3O3. The molecule has 1 heterocycles. The molecule has 1 aromatic heterocycles. The summed E-state index contributed by atoms with van der Waals surface area (Å²) in [5.74, 6) is -0.0101. The average molecular weight is 305 g/mol. The van der Waals surface area contributed by atoms with Crippen molar-refractivity contribution in [1.82, 2.24) is 14.5 Å². The first-order chi connectivity index (χ1) is 10.4. The number of imidazole rings is 1. The maximum absolute atomic E-state index is 12.2. The fourth-order valence-corrected chi connectivity index (χ4v) is 2.67. The van der Waals surface area contributed by atoms with Crippen molar-refractivity contribution in [3.8, 4) is 0 Å². The molecule has 0 spiro atoms. The van der Waals surface area contributed by atoms with Crippen LogP contribution in [0.3, 0.4) is 0 Å². The van der Waals surface area contributed by atoms with E-state index in [1.165, 1.54) is 4.57 Å². The van der Waals surface area contributed by atoms with Crippen LogP contribution in [0.15, 0.2) is 29.1 Å². The minimum Gasteiger partial charge on any atom is -0.393 e. The highest BCUT2D eigenvalue weighted by Crippen LogP contribution is 2.11. The first kappa shape index (κ1) is 16.3. The number of nitrogens with one attached hydrogen (secondary N) is 1. The molecule has 120 valence electrons. The van der Waals surface area contributed by atoms with Gasteiger partial charge in [-0.05, 0) is 31.4 Å². The topological polar surface area (TPSA) is 76.3 Å². The van der Waals surface area contributed by atoms with Crippen LogP contribution < -0.4 is 11.0 Å². The summed E-state index contributed by atoms with van der Waals surface area (Å²) in [6.45, 7) is 4.19. The van der Waals surface area contributed by atoms with E-state index >= 15 is 0 Å². The number of hydrogen-bond donors (Lipinski definition) is 2. The third-order valence-corrected chi connectivity index (χ3v) is 3.74. The fourth-order valence-electron chi connectivity index (χ4n) is 2.67. The molecular weight excluding hydrogens is 282 g/mol. The SMILES string of the molecule is CC(O)CC(C)CNC(=O)Cn1c(=O)n(C)c2ccccc21. The van der Waals surface area contributed by atoms with Crippen molar-refractivity contribution < 1.29 is 9.90 Å². The number of benzene rings is 1. The van der Waals surface area contributed by atoms with Crippen LogP contribution in [0.1, 0.15) is 20.3 Å². The normalized spacial score (nSPS) is 14.0. The molecule has 0 fully saturated rings. The molecule has 0 aliphatic heterocycles. The maximum Gasteiger partial charge on any atom is 0.329 e. The second kappa shape index (κ2) is 6.79. The number of carbonyl (C=O) groups is 1. The second-order valence-corrected chi connectivity index (χ2v) is 5.91. The number of aryl methyl sites for hydroxylation is 1. The molecule has 0 radical (unpaired) electrons. The monoisotopic (exact) mass is 305 g/mol. The summed E-state index contributed by atoms with van der Waals surface area (Å²) in [5, 5.41) is 12.1. The number of amides is 1. The van der Waals surface area contributed by atoms with E-state index in [4.69, 9.17) is 0 Å². The zero-order chi connectivity index (χ0) is 16.3. The van der Waals surface area contributed by atoms with Crippen LogP contribution >= 0.6 is 0 Å². The first-order valence-electron chi connectivity index (χ1n) is 7.49. The van der Waals surface area contributed by atoms with Gasteiger partial charge in [0.15, 0.2) is 0 Å². The van der Waals surface area contributed by atoms with Crippen LogP contribution in [-0.2, 0) is 18.4 Å². The first-order valence-corrected chi connectivity index (χ1v) is 7.49. The Morgan fingerprint density at radius 3 is 2.55 bits per heavy atom. The van der Waals surface area contributed by atoms with E-state index in [1.54, 1.807) is 18.5 Å². The van der Waals surface area contributed by atoms with Crippen LogP contribution in [0, 0.1) is 5.92 Å². The highest BCUT2D eigenvalue weighted by molar-refractivity contribution is 5.80. The second-order valence-electron chi connectivity index (χ2n) is 5.91. The summed E-state index contributed by atoms with van der Waals surface area (Å²) in [6, 6.07) is 7.40. The Morgan fingerprint density at radius 1 is 1.27 bits per heavy atom. The van der Waals surface area contributed by atoms with Crippen LogP contribution in [0.25, 0.3) is 11.0 Å². The third-order valence-electron chi connectivity index (χ3n) is 3.74. The number of para-hydroxylation sites is 2. The zero-order valence-electron chi connectivity index (χ0n) is 13.2. The van der Waals surface area contributed by atoms with Crippen molar-refractivity contribution in [2.45, 2.75) is 32.9 Å². The smallest absolute Gasteiger partial charge is 0.329 e. The molecule has 0 aliphatic carbocycles. The van der Waals surface area contributed by atoms with E-state index in [0.29, 0.717) is 13.0 Å². The highest BCUT2D eigenvalue weighted by atomic mass is 16.3. The number of aliphatic hydroxyl groups excluding tert-OH is 1. The molecule has 0 saturated carbocycles. The van der Waals surface area contributed by atoms with Crippen molar-refractivity contribution in [3.63, 3.8) is 0 Å². The molecule has 6 heteroatoms. The predicted molar refractivity (Wildman–Crippen MR) is 85.7 cm³/mol. The number of carbonyl (C=O) groups excluding carboxylic acids is 1. The molecule has 1 amide bonds. The average Bonchev–Trinajstić information content (AvgIpc) is 2.70. The van der Waals surface area contributed by atoms with E-state index in [1.807, 2.05) is 31.2 Å². The lowest BCUT2D eigenvalue weighted by molar-refractivity contribution is -0.121. The molecule has 1 aromatic carbocycles.